The van der Waals surface area contributed by atoms with Gasteiger partial charge in [-0.05, 0) is 79.3 Å². The van der Waals surface area contributed by atoms with Crippen LogP contribution in [0.2, 0.25) is 0 Å². The average Bonchev–Trinajstić information content (AvgIpc) is 3.35. The Hall–Kier alpha value is -3.82. The van der Waals surface area contributed by atoms with Crippen molar-refractivity contribution in [1.82, 2.24) is 20.9 Å². The van der Waals surface area contributed by atoms with Gasteiger partial charge >= 0.3 is 6.09 Å². The molecule has 5 N–H and O–H groups in total. The van der Waals surface area contributed by atoms with Gasteiger partial charge in [-0.15, -0.1) is 0 Å². The molecule has 9 heteroatoms. The van der Waals surface area contributed by atoms with Crippen LogP contribution in [0.5, 0.6) is 5.75 Å². The summed E-state index contributed by atoms with van der Waals surface area (Å²) in [5, 5.41) is 20.2. The van der Waals surface area contributed by atoms with Crippen molar-refractivity contribution >= 4 is 38.8 Å². The number of hydrogen-bond donors (Lipinski definition) is 5. The molecular formula is C32H35BrN4O4. The van der Waals surface area contributed by atoms with Gasteiger partial charge in [-0.25, -0.2) is 4.79 Å². The van der Waals surface area contributed by atoms with Gasteiger partial charge in [0.2, 0.25) is 5.91 Å². The minimum atomic E-state index is -0.817. The van der Waals surface area contributed by atoms with Crippen LogP contribution in [-0.4, -0.2) is 41.2 Å². The molecule has 8 nitrogen and oxygen atoms in total. The van der Waals surface area contributed by atoms with Crippen molar-refractivity contribution in [2.75, 3.05) is 13.1 Å². The Morgan fingerprint density at radius 1 is 1.02 bits per heavy atom. The zero-order valence-corrected chi connectivity index (χ0v) is 24.4. The summed E-state index contributed by atoms with van der Waals surface area (Å²) in [4.78, 5) is 29.3. The smallest absolute Gasteiger partial charge is 0.408 e. The number of ether oxygens (including phenoxy) is 1. The van der Waals surface area contributed by atoms with E-state index in [0.29, 0.717) is 6.54 Å². The molecule has 2 atom stereocenters. The molecule has 1 heterocycles. The number of aromatic nitrogens is 1. The molecule has 0 spiro atoms. The fourth-order valence-corrected chi connectivity index (χ4v) is 5.68. The molecule has 0 saturated carbocycles. The number of amides is 2. The van der Waals surface area contributed by atoms with Crippen molar-refractivity contribution in [1.29, 1.82) is 0 Å². The summed E-state index contributed by atoms with van der Waals surface area (Å²) in [6.07, 6.45) is 3.62. The van der Waals surface area contributed by atoms with Crippen LogP contribution in [0.3, 0.4) is 0 Å². The van der Waals surface area contributed by atoms with Crippen LogP contribution in [0.15, 0.2) is 77.3 Å². The molecule has 1 aromatic heterocycles. The van der Waals surface area contributed by atoms with Crippen molar-refractivity contribution in [3.05, 3.63) is 99.7 Å². The molecule has 2 amide bonds. The molecule has 3 aromatic carbocycles. The summed E-state index contributed by atoms with van der Waals surface area (Å²) in [6.45, 7) is 1.33. The summed E-state index contributed by atoms with van der Waals surface area (Å²) in [5.74, 6) is -0.140. The van der Waals surface area contributed by atoms with Gasteiger partial charge in [-0.1, -0.05) is 58.4 Å². The minimum absolute atomic E-state index is 0.114. The van der Waals surface area contributed by atoms with Crippen molar-refractivity contribution < 1.29 is 19.4 Å². The van der Waals surface area contributed by atoms with Crippen molar-refractivity contribution in [3.63, 3.8) is 0 Å². The largest absolute Gasteiger partial charge is 0.508 e. The fourth-order valence-electron chi connectivity index (χ4n) is 5.32. The third-order valence-electron chi connectivity index (χ3n) is 7.41. The molecule has 0 saturated heterocycles. The Morgan fingerprint density at radius 2 is 1.83 bits per heavy atom. The zero-order chi connectivity index (χ0) is 28.6. The lowest BCUT2D eigenvalue weighted by Gasteiger charge is -2.24. The normalized spacial score (nSPS) is 15.2. The highest BCUT2D eigenvalue weighted by Gasteiger charge is 2.24. The highest BCUT2D eigenvalue weighted by molar-refractivity contribution is 9.10. The molecule has 5 rings (SSSR count). The number of benzene rings is 3. The van der Waals surface area contributed by atoms with E-state index in [2.05, 4.69) is 55.1 Å². The zero-order valence-electron chi connectivity index (χ0n) is 22.8. The van der Waals surface area contributed by atoms with E-state index in [-0.39, 0.29) is 30.7 Å². The summed E-state index contributed by atoms with van der Waals surface area (Å²) >= 11 is 3.59. The number of nitrogens with one attached hydrogen (secondary N) is 4. The van der Waals surface area contributed by atoms with Gasteiger partial charge in [-0.3, -0.25) is 4.79 Å². The predicted octanol–water partition coefficient (Wildman–Crippen LogP) is 5.65. The number of phenols is 1. The van der Waals surface area contributed by atoms with E-state index in [1.807, 2.05) is 30.3 Å². The molecule has 1 aliphatic carbocycles. The number of alkyl carbamates (subject to hydrolysis) is 1. The topological polar surface area (TPSA) is 115 Å². The Balaban J connectivity index is 1.13. The minimum Gasteiger partial charge on any atom is -0.508 e. The summed E-state index contributed by atoms with van der Waals surface area (Å²) in [7, 11) is 0. The maximum absolute atomic E-state index is 13.1. The number of H-pyrrole nitrogens is 1. The molecule has 1 aliphatic rings. The molecule has 0 bridgehead atoms. The van der Waals surface area contributed by atoms with Gasteiger partial charge in [-0.2, -0.15) is 0 Å². The third-order valence-corrected chi connectivity index (χ3v) is 7.90. The second-order valence-corrected chi connectivity index (χ2v) is 11.3. The van der Waals surface area contributed by atoms with Crippen molar-refractivity contribution in [3.8, 4) is 5.75 Å². The van der Waals surface area contributed by atoms with Crippen LogP contribution in [-0.2, 0) is 29.0 Å². The summed E-state index contributed by atoms with van der Waals surface area (Å²) in [5.41, 5.74) is 5.49. The van der Waals surface area contributed by atoms with Crippen LogP contribution in [0.4, 0.5) is 4.79 Å². The van der Waals surface area contributed by atoms with Crippen LogP contribution < -0.4 is 16.0 Å². The maximum Gasteiger partial charge on any atom is 0.408 e. The monoisotopic (exact) mass is 618 g/mol. The Bertz CT molecular complexity index is 1470. The number of carbonyl (C=O) groups is 2. The number of aromatic amines is 1. The molecule has 0 aliphatic heterocycles. The highest BCUT2D eigenvalue weighted by atomic mass is 79.9. The SMILES string of the molecule is O=C(N[C@@H](Cc1ccc(O)cc1)C(=O)NCCCNC1CCCc2c1[nH]c1ccc(Br)cc21)OCc1ccccc1. The third kappa shape index (κ3) is 7.68. The highest BCUT2D eigenvalue weighted by Crippen LogP contribution is 2.35. The first kappa shape index (κ1) is 28.7. The molecular weight excluding hydrogens is 584 g/mol. The van der Waals surface area contributed by atoms with Crippen LogP contribution >= 0.6 is 15.9 Å². The average molecular weight is 620 g/mol. The van der Waals surface area contributed by atoms with Crippen LogP contribution in [0.1, 0.15) is 47.7 Å². The lowest BCUT2D eigenvalue weighted by molar-refractivity contribution is -0.123. The van der Waals surface area contributed by atoms with Crippen LogP contribution in [0.25, 0.3) is 10.9 Å². The van der Waals surface area contributed by atoms with Crippen LogP contribution in [0, 0.1) is 0 Å². The second kappa shape index (κ2) is 13.7. The van der Waals surface area contributed by atoms with Gasteiger partial charge in [0, 0.05) is 40.1 Å². The van der Waals surface area contributed by atoms with E-state index in [1.165, 1.54) is 16.6 Å². The van der Waals surface area contributed by atoms with E-state index in [1.54, 1.807) is 24.3 Å². The molecule has 4 aromatic rings. The number of aryl methyl sites for hydroxylation is 1. The summed E-state index contributed by atoms with van der Waals surface area (Å²) < 4.78 is 6.43. The fraction of sp³-hybridized carbons (Fsp3) is 0.312. The number of aromatic hydroxyl groups is 1. The maximum atomic E-state index is 13.1. The van der Waals surface area contributed by atoms with Gasteiger partial charge < -0.3 is 30.8 Å². The van der Waals surface area contributed by atoms with Crippen molar-refractivity contribution in [2.24, 2.45) is 0 Å². The van der Waals surface area contributed by atoms with E-state index in [9.17, 15) is 14.7 Å². The first-order chi connectivity index (χ1) is 20.0. The van der Waals surface area contributed by atoms with Gasteiger partial charge in [0.25, 0.3) is 0 Å². The molecule has 214 valence electrons. The quantitative estimate of drug-likeness (QED) is 0.139. The number of phenolic OH excluding ortho intramolecular Hbond substituents is 1. The van der Waals surface area contributed by atoms with Gasteiger partial charge in [0.05, 0.1) is 0 Å². The Morgan fingerprint density at radius 3 is 2.63 bits per heavy atom. The Labute approximate surface area is 248 Å². The van der Waals surface area contributed by atoms with Gasteiger partial charge in [0.1, 0.15) is 18.4 Å². The lowest BCUT2D eigenvalue weighted by atomic mass is 9.91. The number of halogens is 1. The standard InChI is InChI=1S/C32H35BrN4O4/c33-23-12-15-27-26(19-23)25-8-4-9-28(30(25)36-27)34-16-5-17-35-31(39)29(18-21-10-13-24(38)14-11-21)37-32(40)41-20-22-6-2-1-3-7-22/h1-3,6-7,10-15,19,28-29,34,36,38H,4-5,8-9,16-18,20H2,(H,35,39)(H,37,40)/t28?,29-/m0/s1. The second-order valence-electron chi connectivity index (χ2n) is 10.4. The molecule has 1 unspecified atom stereocenters. The molecule has 0 radical (unpaired) electrons. The van der Waals surface area contributed by atoms with E-state index >= 15 is 0 Å². The van der Waals surface area contributed by atoms with E-state index in [0.717, 1.165) is 53.3 Å². The number of carbonyl (C=O) groups excluding carboxylic acids is 2. The van der Waals surface area contributed by atoms with E-state index < -0.39 is 12.1 Å². The number of fused-ring (bicyclic) bond motifs is 3. The number of rotatable bonds is 11. The first-order valence-electron chi connectivity index (χ1n) is 14.0. The van der Waals surface area contributed by atoms with E-state index in [4.69, 9.17) is 4.74 Å². The van der Waals surface area contributed by atoms with Crippen molar-refractivity contribution in [2.45, 2.75) is 50.8 Å². The molecule has 0 fully saturated rings. The first-order valence-corrected chi connectivity index (χ1v) is 14.8. The Kier molecular flexibility index (Phi) is 9.59. The predicted molar refractivity (Wildman–Crippen MR) is 163 cm³/mol. The lowest BCUT2D eigenvalue weighted by Crippen LogP contribution is -2.48. The summed E-state index contributed by atoms with van der Waals surface area (Å²) in [6, 6.07) is 21.8. The number of hydrogen-bond acceptors (Lipinski definition) is 5. The molecule has 41 heavy (non-hydrogen) atoms. The van der Waals surface area contributed by atoms with Gasteiger partial charge in [0.15, 0.2) is 0 Å².